The second-order valence-electron chi connectivity index (χ2n) is 8.83. The summed E-state index contributed by atoms with van der Waals surface area (Å²) in [6.45, 7) is 21.4. The molecule has 108 valence electrons. The minimum atomic E-state index is 0.347. The molecule has 0 N–H and O–H groups in total. The van der Waals surface area contributed by atoms with Crippen LogP contribution in [-0.2, 0) is 0 Å². The molecule has 0 fully saturated rings. The van der Waals surface area contributed by atoms with Crippen LogP contribution in [0.15, 0.2) is 0 Å². The van der Waals surface area contributed by atoms with Gasteiger partial charge in [-0.3, -0.25) is 0 Å². The molecule has 0 aromatic heterocycles. The first-order valence-electron chi connectivity index (χ1n) is 7.75. The molecule has 0 aromatic carbocycles. The van der Waals surface area contributed by atoms with Gasteiger partial charge in [-0.05, 0) is 57.8 Å². The molecule has 0 nitrogen and oxygen atoms in total. The molecule has 0 rings (SSSR count). The summed E-state index contributed by atoms with van der Waals surface area (Å²) in [5.74, 6) is 0.680. The smallest absolute Gasteiger partial charge is 0.0654 e. The summed E-state index contributed by atoms with van der Waals surface area (Å²) in [6.07, 6.45) is 7.76. The largest absolute Gasteiger partial charge is 0.103 e. The Morgan fingerprint density at radius 3 is 1.72 bits per heavy atom. The summed E-state index contributed by atoms with van der Waals surface area (Å²) in [6, 6.07) is 0. The highest BCUT2D eigenvalue weighted by atomic mass is 14.4. The molecule has 0 aliphatic rings. The van der Waals surface area contributed by atoms with E-state index in [1.54, 1.807) is 0 Å². The molecular weight excluding hydrogens is 216 g/mol. The average molecular weight is 253 g/mol. The molecule has 0 aliphatic heterocycles. The fraction of sp³-hybridized carbons (Fsp3) is 0.944. The molecule has 0 heteroatoms. The molecule has 0 atom stereocenters. The molecule has 0 heterocycles. The molecule has 0 amide bonds. The van der Waals surface area contributed by atoms with Gasteiger partial charge in [0.1, 0.15) is 5.41 Å². The minimum Gasteiger partial charge on any atom is -0.0654 e. The average Bonchev–Trinajstić information content (AvgIpc) is 1.93. The van der Waals surface area contributed by atoms with Crippen molar-refractivity contribution < 1.29 is 0 Å². The SMILES string of the molecule is CCCC(C)(C)CC(C)(C)CC(C)(C)[CH+]C(C)C. The lowest BCUT2D eigenvalue weighted by atomic mass is 9.65. The number of hydrogen-bond donors (Lipinski definition) is 0. The Bertz CT molecular complexity index is 230. The van der Waals surface area contributed by atoms with E-state index >= 15 is 0 Å². The first-order valence-corrected chi connectivity index (χ1v) is 7.75. The summed E-state index contributed by atoms with van der Waals surface area (Å²) in [5, 5.41) is 0. The Morgan fingerprint density at radius 2 is 1.33 bits per heavy atom. The van der Waals surface area contributed by atoms with Gasteiger partial charge >= 0.3 is 0 Å². The van der Waals surface area contributed by atoms with E-state index in [2.05, 4.69) is 68.7 Å². The van der Waals surface area contributed by atoms with Crippen LogP contribution in [0.1, 0.15) is 88.0 Å². The van der Waals surface area contributed by atoms with E-state index in [-0.39, 0.29) is 0 Å². The van der Waals surface area contributed by atoms with Gasteiger partial charge in [-0.15, -0.1) is 0 Å². The van der Waals surface area contributed by atoms with Gasteiger partial charge in [-0.25, -0.2) is 0 Å². The van der Waals surface area contributed by atoms with Crippen molar-refractivity contribution in [2.75, 3.05) is 0 Å². The molecule has 0 spiro atoms. The van der Waals surface area contributed by atoms with Crippen LogP contribution in [0.4, 0.5) is 0 Å². The summed E-state index contributed by atoms with van der Waals surface area (Å²) in [5.41, 5.74) is 1.25. The van der Waals surface area contributed by atoms with Crippen LogP contribution >= 0.6 is 0 Å². The predicted molar refractivity (Wildman–Crippen MR) is 84.6 cm³/mol. The van der Waals surface area contributed by atoms with Gasteiger partial charge in [0.05, 0.1) is 12.3 Å². The highest BCUT2D eigenvalue weighted by molar-refractivity contribution is 4.92. The number of rotatable bonds is 8. The monoisotopic (exact) mass is 253 g/mol. The van der Waals surface area contributed by atoms with Gasteiger partial charge in [0, 0.05) is 0 Å². The summed E-state index contributed by atoms with van der Waals surface area (Å²) in [7, 11) is 0. The second kappa shape index (κ2) is 6.35. The Labute approximate surface area is 117 Å². The van der Waals surface area contributed by atoms with Crippen LogP contribution in [0.3, 0.4) is 0 Å². The molecule has 0 bridgehead atoms. The quantitative estimate of drug-likeness (QED) is 0.433. The third-order valence-corrected chi connectivity index (χ3v) is 3.60. The highest BCUT2D eigenvalue weighted by Crippen LogP contribution is 2.45. The van der Waals surface area contributed by atoms with Crippen LogP contribution in [-0.4, -0.2) is 0 Å². The zero-order valence-electron chi connectivity index (χ0n) is 14.5. The van der Waals surface area contributed by atoms with Gasteiger partial charge < -0.3 is 0 Å². The maximum absolute atomic E-state index is 2.52. The molecule has 18 heavy (non-hydrogen) atoms. The first kappa shape index (κ1) is 17.9. The van der Waals surface area contributed by atoms with E-state index in [1.165, 1.54) is 25.7 Å². The van der Waals surface area contributed by atoms with E-state index in [4.69, 9.17) is 0 Å². The van der Waals surface area contributed by atoms with Crippen LogP contribution in [0.5, 0.6) is 0 Å². The molecule has 0 unspecified atom stereocenters. The van der Waals surface area contributed by atoms with E-state index in [0.717, 1.165) is 0 Å². The molecule has 0 aliphatic carbocycles. The summed E-state index contributed by atoms with van der Waals surface area (Å²) >= 11 is 0. The van der Waals surface area contributed by atoms with Crippen LogP contribution in [0, 0.1) is 28.6 Å². The first-order chi connectivity index (χ1) is 7.89. The van der Waals surface area contributed by atoms with Crippen molar-refractivity contribution in [3.8, 4) is 0 Å². The molecular formula is C18H37+. The molecule has 0 aromatic rings. The molecule has 0 saturated heterocycles. The van der Waals surface area contributed by atoms with Crippen LogP contribution in [0.25, 0.3) is 0 Å². The van der Waals surface area contributed by atoms with Crippen molar-refractivity contribution in [1.29, 1.82) is 0 Å². The Hall–Kier alpha value is -0.130. The third-order valence-electron chi connectivity index (χ3n) is 3.60. The van der Waals surface area contributed by atoms with E-state index in [1.807, 2.05) is 0 Å². The van der Waals surface area contributed by atoms with E-state index in [0.29, 0.717) is 22.2 Å². The lowest BCUT2D eigenvalue weighted by molar-refractivity contribution is 0.127. The number of hydrogen-bond acceptors (Lipinski definition) is 0. The fourth-order valence-corrected chi connectivity index (χ4v) is 4.32. The van der Waals surface area contributed by atoms with Gasteiger partial charge in [0.2, 0.25) is 0 Å². The van der Waals surface area contributed by atoms with Crippen molar-refractivity contribution in [2.24, 2.45) is 22.2 Å². The summed E-state index contributed by atoms with van der Waals surface area (Å²) in [4.78, 5) is 0. The van der Waals surface area contributed by atoms with Crippen molar-refractivity contribution in [3.63, 3.8) is 0 Å². The zero-order valence-corrected chi connectivity index (χ0v) is 14.5. The van der Waals surface area contributed by atoms with Gasteiger partial charge in [-0.2, -0.15) is 0 Å². The highest BCUT2D eigenvalue weighted by Gasteiger charge is 2.38. The minimum absolute atomic E-state index is 0.347. The molecule has 0 saturated carbocycles. The van der Waals surface area contributed by atoms with E-state index in [9.17, 15) is 0 Å². The standard InChI is InChI=1S/C18H37/c1-10-11-16(4,5)13-18(8,9)14-17(6,7)12-15(2)3/h12,15H,10-11,13-14H2,1-9H3/q+1. The normalized spacial score (nSPS) is 14.1. The van der Waals surface area contributed by atoms with Gasteiger partial charge in [0.25, 0.3) is 0 Å². The Morgan fingerprint density at radius 1 is 0.833 bits per heavy atom. The second-order valence-corrected chi connectivity index (χ2v) is 8.83. The maximum atomic E-state index is 2.52. The summed E-state index contributed by atoms with van der Waals surface area (Å²) < 4.78 is 0. The van der Waals surface area contributed by atoms with Crippen molar-refractivity contribution in [1.82, 2.24) is 0 Å². The lowest BCUT2D eigenvalue weighted by Crippen LogP contribution is -2.29. The zero-order chi connectivity index (χ0) is 14.6. The topological polar surface area (TPSA) is 0 Å². The van der Waals surface area contributed by atoms with Gasteiger partial charge in [-0.1, -0.05) is 41.0 Å². The van der Waals surface area contributed by atoms with Crippen molar-refractivity contribution >= 4 is 0 Å². The van der Waals surface area contributed by atoms with Crippen molar-refractivity contribution in [3.05, 3.63) is 6.42 Å². The van der Waals surface area contributed by atoms with E-state index < -0.39 is 0 Å². The lowest BCUT2D eigenvalue weighted by Gasteiger charge is -2.38. The van der Waals surface area contributed by atoms with Crippen molar-refractivity contribution in [2.45, 2.75) is 88.0 Å². The fourth-order valence-electron chi connectivity index (χ4n) is 4.32. The predicted octanol–water partition coefficient (Wildman–Crippen LogP) is 6.51. The Kier molecular flexibility index (Phi) is 6.30. The third kappa shape index (κ3) is 8.06. The Balaban J connectivity index is 4.55. The van der Waals surface area contributed by atoms with Crippen LogP contribution in [0.2, 0.25) is 0 Å². The van der Waals surface area contributed by atoms with Crippen LogP contribution < -0.4 is 0 Å². The van der Waals surface area contributed by atoms with Gasteiger partial charge in [0.15, 0.2) is 0 Å². The molecule has 0 radical (unpaired) electrons. The maximum Gasteiger partial charge on any atom is 0.103 e.